The summed E-state index contributed by atoms with van der Waals surface area (Å²) in [5, 5.41) is 2.47. The van der Waals surface area contributed by atoms with E-state index in [4.69, 9.17) is 4.74 Å². The van der Waals surface area contributed by atoms with Gasteiger partial charge in [-0.2, -0.15) is 0 Å². The molecule has 0 fully saturated rings. The number of carbonyl (C=O) groups excluding carboxylic acids is 1. The van der Waals surface area contributed by atoms with Gasteiger partial charge < -0.3 is 9.72 Å². The number of H-pyrrole nitrogens is 1. The Hall–Kier alpha value is -2.18. The number of fused-ring (bicyclic) bond motifs is 1. The molecule has 0 radical (unpaired) electrons. The lowest BCUT2D eigenvalue weighted by Crippen LogP contribution is -2.16. The third kappa shape index (κ3) is 3.60. The lowest BCUT2D eigenvalue weighted by atomic mass is 10.1. The summed E-state index contributed by atoms with van der Waals surface area (Å²) < 4.78 is 4.87. The van der Waals surface area contributed by atoms with Crippen LogP contribution in [0.5, 0.6) is 0 Å². The van der Waals surface area contributed by atoms with E-state index in [9.17, 15) is 9.59 Å². The van der Waals surface area contributed by atoms with Crippen molar-refractivity contribution < 1.29 is 9.53 Å². The monoisotopic (exact) mass is 350 g/mol. The van der Waals surface area contributed by atoms with E-state index in [-0.39, 0.29) is 24.4 Å². The van der Waals surface area contributed by atoms with Crippen LogP contribution in [0.1, 0.15) is 12.7 Å². The maximum atomic E-state index is 12.4. The Labute approximate surface area is 142 Å². The highest BCUT2D eigenvalue weighted by atomic mass is 35.5. The Kier molecular flexibility index (Phi) is 5.52. The van der Waals surface area contributed by atoms with Gasteiger partial charge >= 0.3 is 5.97 Å². The minimum atomic E-state index is -0.398. The van der Waals surface area contributed by atoms with Crippen molar-refractivity contribution in [1.29, 1.82) is 0 Å². The van der Waals surface area contributed by atoms with Gasteiger partial charge in [-0.25, -0.2) is 4.98 Å². The molecule has 1 aromatic carbocycles. The Balaban J connectivity index is 0.00000192. The van der Waals surface area contributed by atoms with Crippen LogP contribution in [0.15, 0.2) is 40.5 Å². The summed E-state index contributed by atoms with van der Waals surface area (Å²) in [5.41, 5.74) is 1.60. The first-order chi connectivity index (χ1) is 10.7. The molecule has 7 heteroatoms. The van der Waals surface area contributed by atoms with Crippen molar-refractivity contribution in [1.82, 2.24) is 9.97 Å². The minimum absolute atomic E-state index is 0. The molecule has 2 aromatic heterocycles. The number of halogens is 1. The van der Waals surface area contributed by atoms with E-state index in [1.54, 1.807) is 6.92 Å². The first-order valence-corrected chi connectivity index (χ1v) is 7.78. The van der Waals surface area contributed by atoms with Crippen LogP contribution in [0.3, 0.4) is 0 Å². The molecule has 3 rings (SSSR count). The van der Waals surface area contributed by atoms with Crippen molar-refractivity contribution in [3.63, 3.8) is 0 Å². The summed E-state index contributed by atoms with van der Waals surface area (Å²) in [6.07, 6.45) is -0.0302. The van der Waals surface area contributed by atoms with Gasteiger partial charge in [0.15, 0.2) is 0 Å². The Bertz CT molecular complexity index is 874. The largest absolute Gasteiger partial charge is 0.466 e. The normalized spacial score (nSPS) is 10.3. The van der Waals surface area contributed by atoms with Crippen LogP contribution >= 0.6 is 23.7 Å². The molecule has 5 nitrogen and oxygen atoms in total. The third-order valence-corrected chi connectivity index (χ3v) is 4.07. The van der Waals surface area contributed by atoms with Gasteiger partial charge in [0.25, 0.3) is 5.56 Å². The Morgan fingerprint density at radius 1 is 1.30 bits per heavy atom. The number of esters is 1. The van der Waals surface area contributed by atoms with Gasteiger partial charge in [0.05, 0.1) is 12.0 Å². The van der Waals surface area contributed by atoms with E-state index >= 15 is 0 Å². The van der Waals surface area contributed by atoms with Crippen LogP contribution < -0.4 is 5.56 Å². The lowest BCUT2D eigenvalue weighted by Gasteiger charge is -2.02. The number of nitrogens with one attached hydrogen (secondary N) is 1. The van der Waals surface area contributed by atoms with Crippen LogP contribution in [-0.2, 0) is 16.0 Å². The molecule has 0 amide bonds. The molecular weight excluding hydrogens is 336 g/mol. The Morgan fingerprint density at radius 3 is 2.74 bits per heavy atom. The highest BCUT2D eigenvalue weighted by molar-refractivity contribution is 7.17. The maximum Gasteiger partial charge on any atom is 0.313 e. The topological polar surface area (TPSA) is 72.0 Å². The fourth-order valence-corrected chi connectivity index (χ4v) is 3.22. The van der Waals surface area contributed by atoms with Crippen LogP contribution in [0.4, 0.5) is 0 Å². The summed E-state index contributed by atoms with van der Waals surface area (Å²) in [5.74, 6) is -0.0674. The highest BCUT2D eigenvalue weighted by Crippen LogP contribution is 2.30. The second-order valence-corrected chi connectivity index (χ2v) is 5.55. The van der Waals surface area contributed by atoms with Crippen LogP contribution in [0.25, 0.3) is 21.3 Å². The van der Waals surface area contributed by atoms with Crippen molar-refractivity contribution in [2.45, 2.75) is 13.3 Å². The van der Waals surface area contributed by atoms with E-state index in [0.717, 1.165) is 11.1 Å². The van der Waals surface area contributed by atoms with Crippen LogP contribution in [0, 0.1) is 0 Å². The predicted molar refractivity (Wildman–Crippen MR) is 93.3 cm³/mol. The molecule has 0 bridgehead atoms. The number of rotatable bonds is 4. The Morgan fingerprint density at radius 2 is 2.04 bits per heavy atom. The van der Waals surface area contributed by atoms with Crippen molar-refractivity contribution in [2.75, 3.05) is 6.61 Å². The second kappa shape index (κ2) is 7.39. The van der Waals surface area contributed by atoms with Gasteiger partial charge in [-0.15, -0.1) is 23.7 Å². The van der Waals surface area contributed by atoms with Gasteiger partial charge in [-0.1, -0.05) is 30.3 Å². The minimum Gasteiger partial charge on any atom is -0.466 e. The number of aromatic nitrogens is 2. The van der Waals surface area contributed by atoms with Gasteiger partial charge in [0.1, 0.15) is 17.1 Å². The number of aromatic amines is 1. The third-order valence-electron chi connectivity index (χ3n) is 3.19. The molecule has 2 heterocycles. The molecule has 120 valence electrons. The first-order valence-electron chi connectivity index (χ1n) is 6.90. The maximum absolute atomic E-state index is 12.4. The average Bonchev–Trinajstić information content (AvgIpc) is 2.92. The number of ether oxygens (including phenoxy) is 1. The van der Waals surface area contributed by atoms with Crippen molar-refractivity contribution >= 4 is 39.9 Å². The quantitative estimate of drug-likeness (QED) is 0.733. The van der Waals surface area contributed by atoms with E-state index in [0.29, 0.717) is 22.6 Å². The number of carbonyl (C=O) groups is 1. The smallest absolute Gasteiger partial charge is 0.313 e. The summed E-state index contributed by atoms with van der Waals surface area (Å²) >= 11 is 1.39. The zero-order valence-electron chi connectivity index (χ0n) is 12.4. The summed E-state index contributed by atoms with van der Waals surface area (Å²) in [7, 11) is 0. The zero-order valence-corrected chi connectivity index (χ0v) is 14.0. The number of benzene rings is 1. The standard InChI is InChI=1S/C16H14N2O3S.ClH/c1-2-21-13(19)8-12-17-15(20)14-11(9-22-16(14)18-12)10-6-4-3-5-7-10;/h3-7,9H,2,8H2,1H3,(H,17,18,20);1H. The second-order valence-electron chi connectivity index (χ2n) is 4.69. The molecule has 1 N–H and O–H groups in total. The SMILES string of the molecule is CCOC(=O)Cc1nc2scc(-c3ccccc3)c2c(=O)[nH]1.Cl. The van der Waals surface area contributed by atoms with E-state index in [1.165, 1.54) is 11.3 Å². The first kappa shape index (κ1) is 17.2. The lowest BCUT2D eigenvalue weighted by molar-refractivity contribution is -0.142. The van der Waals surface area contributed by atoms with E-state index in [1.807, 2.05) is 35.7 Å². The highest BCUT2D eigenvalue weighted by Gasteiger charge is 2.14. The van der Waals surface area contributed by atoms with E-state index in [2.05, 4.69) is 9.97 Å². The average molecular weight is 351 g/mol. The number of hydrogen-bond donors (Lipinski definition) is 1. The van der Waals surface area contributed by atoms with E-state index < -0.39 is 5.97 Å². The van der Waals surface area contributed by atoms with Crippen LogP contribution in [0.2, 0.25) is 0 Å². The molecule has 0 unspecified atom stereocenters. The molecule has 3 aromatic rings. The number of thiophene rings is 1. The van der Waals surface area contributed by atoms with Gasteiger partial charge in [-0.3, -0.25) is 9.59 Å². The van der Waals surface area contributed by atoms with Crippen LogP contribution in [-0.4, -0.2) is 22.5 Å². The fraction of sp³-hybridized carbons (Fsp3) is 0.188. The van der Waals surface area contributed by atoms with Crippen molar-refractivity contribution in [3.05, 3.63) is 51.9 Å². The van der Waals surface area contributed by atoms with Gasteiger partial charge in [-0.05, 0) is 12.5 Å². The van der Waals surface area contributed by atoms with Crippen molar-refractivity contribution in [3.8, 4) is 11.1 Å². The molecule has 0 saturated heterocycles. The molecule has 0 spiro atoms. The summed E-state index contributed by atoms with van der Waals surface area (Å²) in [6.45, 7) is 2.05. The molecule has 0 aliphatic rings. The molecule has 23 heavy (non-hydrogen) atoms. The summed E-state index contributed by atoms with van der Waals surface area (Å²) in [4.78, 5) is 31.5. The van der Waals surface area contributed by atoms with Crippen molar-refractivity contribution in [2.24, 2.45) is 0 Å². The molecule has 0 saturated carbocycles. The fourth-order valence-electron chi connectivity index (χ4n) is 2.26. The number of nitrogens with zero attached hydrogens (tertiary/aromatic N) is 1. The van der Waals surface area contributed by atoms with Gasteiger partial charge in [0, 0.05) is 10.9 Å². The summed E-state index contributed by atoms with van der Waals surface area (Å²) in [6, 6.07) is 9.68. The molecule has 0 aliphatic carbocycles. The molecular formula is C16H15ClN2O3S. The van der Waals surface area contributed by atoms with Gasteiger partial charge in [0.2, 0.25) is 0 Å². The number of hydrogen-bond acceptors (Lipinski definition) is 5. The molecule has 0 atom stereocenters. The molecule has 0 aliphatic heterocycles. The zero-order chi connectivity index (χ0) is 15.5. The predicted octanol–water partition coefficient (Wildman–Crippen LogP) is 3.18.